The standard InChI is InChI=1S/C11H23NO/c1-4-10(7-13)12-8-11(5-2,6-3)9-12/h10,13H,4-9H2,1-3H3/t10-/m1/s1. The van der Waals surface area contributed by atoms with E-state index in [4.69, 9.17) is 5.11 Å². The third kappa shape index (κ3) is 2.05. The lowest BCUT2D eigenvalue weighted by molar-refractivity contribution is -0.0515. The van der Waals surface area contributed by atoms with E-state index in [0.717, 1.165) is 6.42 Å². The van der Waals surface area contributed by atoms with Crippen LogP contribution in [-0.2, 0) is 0 Å². The zero-order valence-corrected chi connectivity index (χ0v) is 9.21. The van der Waals surface area contributed by atoms with Gasteiger partial charge < -0.3 is 5.11 Å². The monoisotopic (exact) mass is 185 g/mol. The molecule has 0 saturated carbocycles. The summed E-state index contributed by atoms with van der Waals surface area (Å²) in [6, 6.07) is 0.409. The molecule has 0 aromatic rings. The largest absolute Gasteiger partial charge is 0.395 e. The topological polar surface area (TPSA) is 23.5 Å². The number of likely N-dealkylation sites (tertiary alicyclic amines) is 1. The van der Waals surface area contributed by atoms with E-state index in [0.29, 0.717) is 18.1 Å². The summed E-state index contributed by atoms with van der Waals surface area (Å²) in [6.07, 6.45) is 3.63. The highest BCUT2D eigenvalue weighted by Gasteiger charge is 2.41. The molecule has 0 bridgehead atoms. The maximum absolute atomic E-state index is 9.14. The second kappa shape index (κ2) is 4.43. The van der Waals surface area contributed by atoms with Gasteiger partial charge in [-0.1, -0.05) is 20.8 Å². The summed E-state index contributed by atoms with van der Waals surface area (Å²) in [5, 5.41) is 9.14. The van der Waals surface area contributed by atoms with Gasteiger partial charge in [0.2, 0.25) is 0 Å². The zero-order valence-electron chi connectivity index (χ0n) is 9.21. The second-order valence-corrected chi connectivity index (χ2v) is 4.36. The lowest BCUT2D eigenvalue weighted by Crippen LogP contribution is -2.60. The van der Waals surface area contributed by atoms with Crippen molar-refractivity contribution in [3.63, 3.8) is 0 Å². The summed E-state index contributed by atoms with van der Waals surface area (Å²) < 4.78 is 0. The van der Waals surface area contributed by atoms with Gasteiger partial charge in [0.25, 0.3) is 0 Å². The Kier molecular flexibility index (Phi) is 3.74. The zero-order chi connectivity index (χ0) is 9.90. The normalized spacial score (nSPS) is 24.0. The lowest BCUT2D eigenvalue weighted by Gasteiger charge is -2.52. The molecular weight excluding hydrogens is 162 g/mol. The van der Waals surface area contributed by atoms with Gasteiger partial charge in [0.15, 0.2) is 0 Å². The molecule has 1 atom stereocenters. The van der Waals surface area contributed by atoms with Crippen molar-refractivity contribution in [1.29, 1.82) is 0 Å². The highest BCUT2D eigenvalue weighted by atomic mass is 16.3. The summed E-state index contributed by atoms with van der Waals surface area (Å²) in [4.78, 5) is 2.42. The average molecular weight is 185 g/mol. The summed E-state index contributed by atoms with van der Waals surface area (Å²) in [6.45, 7) is 9.42. The van der Waals surface area contributed by atoms with Gasteiger partial charge in [0, 0.05) is 19.1 Å². The molecule has 1 heterocycles. The minimum atomic E-state index is 0.319. The van der Waals surface area contributed by atoms with E-state index in [2.05, 4.69) is 25.7 Å². The molecule has 2 heteroatoms. The molecule has 0 unspecified atom stereocenters. The lowest BCUT2D eigenvalue weighted by atomic mass is 9.74. The van der Waals surface area contributed by atoms with Crippen molar-refractivity contribution in [2.75, 3.05) is 19.7 Å². The van der Waals surface area contributed by atoms with Gasteiger partial charge >= 0.3 is 0 Å². The molecule has 0 amide bonds. The fraction of sp³-hybridized carbons (Fsp3) is 1.00. The van der Waals surface area contributed by atoms with Crippen LogP contribution in [0.25, 0.3) is 0 Å². The first-order valence-electron chi connectivity index (χ1n) is 5.56. The number of hydrogen-bond acceptors (Lipinski definition) is 2. The Morgan fingerprint density at radius 3 is 2.08 bits per heavy atom. The van der Waals surface area contributed by atoms with Crippen LogP contribution >= 0.6 is 0 Å². The van der Waals surface area contributed by atoms with Crippen molar-refractivity contribution in [3.05, 3.63) is 0 Å². The fourth-order valence-electron chi connectivity index (χ4n) is 2.27. The van der Waals surface area contributed by atoms with Gasteiger partial charge in [-0.3, -0.25) is 4.90 Å². The van der Waals surface area contributed by atoms with E-state index in [-0.39, 0.29) is 0 Å². The van der Waals surface area contributed by atoms with Gasteiger partial charge in [-0.25, -0.2) is 0 Å². The van der Waals surface area contributed by atoms with Crippen LogP contribution in [-0.4, -0.2) is 35.7 Å². The maximum Gasteiger partial charge on any atom is 0.0586 e. The molecule has 0 aliphatic carbocycles. The minimum absolute atomic E-state index is 0.319. The van der Waals surface area contributed by atoms with Gasteiger partial charge in [0.05, 0.1) is 6.61 Å². The summed E-state index contributed by atoms with van der Waals surface area (Å²) in [5.41, 5.74) is 0.572. The number of rotatable bonds is 5. The molecule has 0 aromatic carbocycles. The first kappa shape index (κ1) is 11.0. The quantitative estimate of drug-likeness (QED) is 0.707. The van der Waals surface area contributed by atoms with E-state index < -0.39 is 0 Å². The first-order chi connectivity index (χ1) is 6.21. The Morgan fingerprint density at radius 2 is 1.77 bits per heavy atom. The van der Waals surface area contributed by atoms with E-state index >= 15 is 0 Å². The third-order valence-electron chi connectivity index (χ3n) is 3.78. The van der Waals surface area contributed by atoms with Crippen molar-refractivity contribution in [2.45, 2.75) is 46.1 Å². The Morgan fingerprint density at radius 1 is 1.23 bits per heavy atom. The maximum atomic E-state index is 9.14. The second-order valence-electron chi connectivity index (χ2n) is 4.36. The highest BCUT2D eigenvalue weighted by molar-refractivity contribution is 4.95. The smallest absolute Gasteiger partial charge is 0.0586 e. The van der Waals surface area contributed by atoms with Crippen LogP contribution in [0.4, 0.5) is 0 Å². The van der Waals surface area contributed by atoms with Crippen molar-refractivity contribution in [1.82, 2.24) is 4.90 Å². The van der Waals surface area contributed by atoms with Crippen molar-refractivity contribution < 1.29 is 5.11 Å². The van der Waals surface area contributed by atoms with Crippen LogP contribution in [0.15, 0.2) is 0 Å². The first-order valence-corrected chi connectivity index (χ1v) is 5.56. The van der Waals surface area contributed by atoms with E-state index in [1.807, 2.05) is 0 Å². The van der Waals surface area contributed by atoms with Crippen molar-refractivity contribution >= 4 is 0 Å². The molecule has 0 spiro atoms. The molecule has 1 N–H and O–H groups in total. The molecule has 1 fully saturated rings. The molecule has 13 heavy (non-hydrogen) atoms. The third-order valence-corrected chi connectivity index (χ3v) is 3.78. The minimum Gasteiger partial charge on any atom is -0.395 e. The van der Waals surface area contributed by atoms with Crippen LogP contribution in [0.2, 0.25) is 0 Å². The van der Waals surface area contributed by atoms with Gasteiger partial charge in [0.1, 0.15) is 0 Å². The predicted molar refractivity (Wildman–Crippen MR) is 55.8 cm³/mol. The van der Waals surface area contributed by atoms with E-state index in [1.54, 1.807) is 0 Å². The van der Waals surface area contributed by atoms with Crippen molar-refractivity contribution in [3.8, 4) is 0 Å². The molecule has 78 valence electrons. The molecule has 1 aliphatic heterocycles. The van der Waals surface area contributed by atoms with E-state index in [1.165, 1.54) is 25.9 Å². The highest BCUT2D eigenvalue weighted by Crippen LogP contribution is 2.38. The summed E-state index contributed by atoms with van der Waals surface area (Å²) in [7, 11) is 0. The van der Waals surface area contributed by atoms with Crippen LogP contribution in [0.3, 0.4) is 0 Å². The van der Waals surface area contributed by atoms with Crippen LogP contribution in [0.5, 0.6) is 0 Å². The molecule has 0 radical (unpaired) electrons. The molecule has 1 saturated heterocycles. The van der Waals surface area contributed by atoms with Gasteiger partial charge in [-0.2, -0.15) is 0 Å². The number of aliphatic hydroxyl groups is 1. The van der Waals surface area contributed by atoms with Crippen LogP contribution < -0.4 is 0 Å². The molecule has 1 rings (SSSR count). The Balaban J connectivity index is 2.38. The Hall–Kier alpha value is -0.0800. The van der Waals surface area contributed by atoms with E-state index in [9.17, 15) is 0 Å². The number of hydrogen-bond donors (Lipinski definition) is 1. The van der Waals surface area contributed by atoms with Gasteiger partial charge in [-0.15, -0.1) is 0 Å². The molecule has 2 nitrogen and oxygen atoms in total. The molecule has 0 aromatic heterocycles. The summed E-state index contributed by atoms with van der Waals surface area (Å²) in [5.74, 6) is 0. The Labute approximate surface area is 81.9 Å². The average Bonchev–Trinajstić information content (AvgIpc) is 2.11. The van der Waals surface area contributed by atoms with Gasteiger partial charge in [-0.05, 0) is 24.7 Å². The van der Waals surface area contributed by atoms with Crippen molar-refractivity contribution in [2.24, 2.45) is 5.41 Å². The number of nitrogens with zero attached hydrogens (tertiary/aromatic N) is 1. The fourth-order valence-corrected chi connectivity index (χ4v) is 2.27. The Bertz CT molecular complexity index is 142. The summed E-state index contributed by atoms with van der Waals surface area (Å²) >= 11 is 0. The predicted octanol–water partition coefficient (Wildman–Crippen LogP) is 1.88. The van der Waals surface area contributed by atoms with Crippen LogP contribution in [0.1, 0.15) is 40.0 Å². The molecular formula is C11H23NO. The van der Waals surface area contributed by atoms with Crippen LogP contribution in [0, 0.1) is 5.41 Å². The SMILES string of the molecule is CC[C@H](CO)N1CC(CC)(CC)C1. The molecule has 1 aliphatic rings. The number of aliphatic hydroxyl groups excluding tert-OH is 1.